The van der Waals surface area contributed by atoms with E-state index in [1.807, 2.05) is 21.1 Å². The van der Waals surface area contributed by atoms with Crippen LogP contribution in [0.4, 0.5) is 0 Å². The zero-order valence-corrected chi connectivity index (χ0v) is 49.0. The lowest BCUT2D eigenvalue weighted by molar-refractivity contribution is -0.870. The number of rotatable bonds is 57. The van der Waals surface area contributed by atoms with Crippen molar-refractivity contribution in [3.63, 3.8) is 0 Å². The Hall–Kier alpha value is -1.77. The molecule has 0 saturated carbocycles. The van der Waals surface area contributed by atoms with E-state index in [0.29, 0.717) is 17.4 Å². The number of ether oxygens (including phenoxy) is 2. The van der Waals surface area contributed by atoms with Gasteiger partial charge in [-0.05, 0) is 51.4 Å². The van der Waals surface area contributed by atoms with Crippen molar-refractivity contribution >= 4 is 19.8 Å². The molecule has 2 atom stereocenters. The first-order chi connectivity index (χ1) is 35.0. The van der Waals surface area contributed by atoms with E-state index in [-0.39, 0.29) is 32.0 Å². The van der Waals surface area contributed by atoms with Gasteiger partial charge < -0.3 is 27.9 Å². The lowest BCUT2D eigenvalue weighted by atomic mass is 10.0. The van der Waals surface area contributed by atoms with E-state index in [2.05, 4.69) is 50.3 Å². The minimum Gasteiger partial charge on any atom is -0.756 e. The second-order valence-corrected chi connectivity index (χ2v) is 23.5. The predicted octanol–water partition coefficient (Wildman–Crippen LogP) is 18.5. The normalized spacial score (nSPS) is 13.5. The van der Waals surface area contributed by atoms with Gasteiger partial charge >= 0.3 is 11.9 Å². The van der Waals surface area contributed by atoms with Gasteiger partial charge in [0, 0.05) is 12.8 Å². The Morgan fingerprint density at radius 2 is 0.750 bits per heavy atom. The number of esters is 2. The fourth-order valence-electron chi connectivity index (χ4n) is 8.90. The maximum Gasteiger partial charge on any atom is 0.306 e. The van der Waals surface area contributed by atoms with Crippen LogP contribution in [0.15, 0.2) is 36.5 Å². The maximum absolute atomic E-state index is 12.7. The molecule has 0 aliphatic rings. The number of phosphoric acid groups is 1. The first-order valence-corrected chi connectivity index (χ1v) is 32.2. The van der Waals surface area contributed by atoms with Crippen LogP contribution < -0.4 is 4.89 Å². The molecule has 0 aromatic rings. The topological polar surface area (TPSA) is 111 Å². The number of hydrogen-bond acceptors (Lipinski definition) is 8. The van der Waals surface area contributed by atoms with Crippen LogP contribution in [-0.4, -0.2) is 70.0 Å². The monoisotopic (exact) mass is 1040 g/mol. The average molecular weight is 1040 g/mol. The van der Waals surface area contributed by atoms with Crippen LogP contribution in [0.2, 0.25) is 0 Å². The number of allylic oxidation sites excluding steroid dienone is 6. The summed E-state index contributed by atoms with van der Waals surface area (Å²) in [5.41, 5.74) is 0. The van der Waals surface area contributed by atoms with Crippen molar-refractivity contribution in [3.8, 4) is 0 Å². The molecule has 0 heterocycles. The maximum atomic E-state index is 12.7. The molecule has 424 valence electrons. The third kappa shape index (κ3) is 57.5. The SMILES string of the molecule is CCCCCCC/C=C\C/C=C\C/C=C\CCCCCCCCCCCCCCCCCCCCCCCCCCC(=O)OC(COC(=O)CCCCCCCCCCC)COP(=O)([O-])OCC[N+](C)(C)C. The Kier molecular flexibility index (Phi) is 52.7. The number of carbonyl (C=O) groups is 2. The molecule has 0 amide bonds. The summed E-state index contributed by atoms with van der Waals surface area (Å²) in [6.45, 7) is 4.23. The van der Waals surface area contributed by atoms with Gasteiger partial charge in [0.1, 0.15) is 19.8 Å². The van der Waals surface area contributed by atoms with Crippen LogP contribution in [0.3, 0.4) is 0 Å². The second-order valence-electron chi connectivity index (χ2n) is 22.1. The molecule has 0 N–H and O–H groups in total. The minimum atomic E-state index is -4.62. The fourth-order valence-corrected chi connectivity index (χ4v) is 9.63. The number of likely N-dealkylation sites (N-methyl/N-ethyl adjacent to an activating group) is 1. The van der Waals surface area contributed by atoms with Crippen LogP contribution >= 0.6 is 7.82 Å². The summed E-state index contributed by atoms with van der Waals surface area (Å²) in [5, 5.41) is 0. The highest BCUT2D eigenvalue weighted by Crippen LogP contribution is 2.38. The van der Waals surface area contributed by atoms with E-state index in [1.54, 1.807) is 0 Å². The van der Waals surface area contributed by atoms with Crippen molar-refractivity contribution in [2.45, 2.75) is 302 Å². The molecule has 72 heavy (non-hydrogen) atoms. The first-order valence-electron chi connectivity index (χ1n) is 30.7. The highest BCUT2D eigenvalue weighted by atomic mass is 31.2. The standard InChI is InChI=1S/C62H118NO8P/c1-6-8-10-12-14-16-17-18-19-20-21-22-23-24-25-26-27-28-29-30-31-32-33-34-35-36-37-38-39-40-41-42-43-44-45-47-49-51-53-55-62(65)71-60(59-70-72(66,67)69-57-56-63(3,4)5)58-68-61(64)54-52-50-48-46-15-13-11-9-7-2/h17-18,20-21,23-24,60H,6-16,19,22,25-59H2,1-5H3/b18-17-,21-20-,24-23-. The Morgan fingerprint density at radius 1 is 0.431 bits per heavy atom. The van der Waals surface area contributed by atoms with Crippen LogP contribution in [-0.2, 0) is 32.7 Å². The number of phosphoric ester groups is 1. The molecular formula is C62H118NO8P. The van der Waals surface area contributed by atoms with Crippen LogP contribution in [0, 0.1) is 0 Å². The second kappa shape index (κ2) is 54.0. The van der Waals surface area contributed by atoms with Crippen molar-refractivity contribution in [3.05, 3.63) is 36.5 Å². The number of carbonyl (C=O) groups excluding carboxylic acids is 2. The zero-order chi connectivity index (χ0) is 52.7. The molecule has 0 rings (SSSR count). The molecule has 0 aliphatic heterocycles. The number of quaternary nitrogens is 1. The summed E-state index contributed by atoms with van der Waals surface area (Å²) in [5.74, 6) is -0.823. The van der Waals surface area contributed by atoms with E-state index < -0.39 is 26.5 Å². The Balaban J connectivity index is 3.81. The molecule has 0 bridgehead atoms. The lowest BCUT2D eigenvalue weighted by Gasteiger charge is -2.28. The summed E-state index contributed by atoms with van der Waals surface area (Å²) >= 11 is 0. The van der Waals surface area contributed by atoms with Crippen LogP contribution in [0.1, 0.15) is 296 Å². The van der Waals surface area contributed by atoms with Gasteiger partial charge in [0.05, 0.1) is 27.7 Å². The highest BCUT2D eigenvalue weighted by Gasteiger charge is 2.22. The number of nitrogens with zero attached hydrogens (tertiary/aromatic N) is 1. The molecule has 0 spiro atoms. The quantitative estimate of drug-likeness (QED) is 0.0195. The van der Waals surface area contributed by atoms with E-state index in [0.717, 1.165) is 44.9 Å². The third-order valence-corrected chi connectivity index (χ3v) is 14.6. The molecule has 10 heteroatoms. The highest BCUT2D eigenvalue weighted by molar-refractivity contribution is 7.45. The van der Waals surface area contributed by atoms with Crippen LogP contribution in [0.25, 0.3) is 0 Å². The molecule has 2 unspecified atom stereocenters. The summed E-state index contributed by atoms with van der Waals surface area (Å²) in [4.78, 5) is 37.6. The zero-order valence-electron chi connectivity index (χ0n) is 48.1. The molecule has 0 aromatic heterocycles. The smallest absolute Gasteiger partial charge is 0.306 e. The number of hydrogen-bond donors (Lipinski definition) is 0. The summed E-state index contributed by atoms with van der Waals surface area (Å²) in [7, 11) is 1.18. The van der Waals surface area contributed by atoms with E-state index in [4.69, 9.17) is 18.5 Å². The van der Waals surface area contributed by atoms with Gasteiger partial charge in [-0.1, -0.05) is 269 Å². The first kappa shape index (κ1) is 70.2. The average Bonchev–Trinajstić information content (AvgIpc) is 3.34. The van der Waals surface area contributed by atoms with Crippen molar-refractivity contribution < 1.29 is 42.1 Å². The summed E-state index contributed by atoms with van der Waals surface area (Å²) in [6, 6.07) is 0. The molecule has 0 radical (unpaired) electrons. The van der Waals surface area contributed by atoms with Crippen molar-refractivity contribution in [1.29, 1.82) is 0 Å². The molecular weight excluding hydrogens is 918 g/mol. The molecule has 0 aromatic carbocycles. The molecule has 0 saturated heterocycles. The predicted molar refractivity (Wildman–Crippen MR) is 305 cm³/mol. The van der Waals surface area contributed by atoms with Crippen molar-refractivity contribution in [2.75, 3.05) is 47.5 Å². The van der Waals surface area contributed by atoms with Gasteiger partial charge in [0.25, 0.3) is 7.82 Å². The van der Waals surface area contributed by atoms with Gasteiger partial charge in [-0.25, -0.2) is 0 Å². The van der Waals surface area contributed by atoms with Gasteiger partial charge in [-0.15, -0.1) is 0 Å². The Bertz CT molecular complexity index is 1310. The van der Waals surface area contributed by atoms with E-state index in [9.17, 15) is 19.0 Å². The largest absolute Gasteiger partial charge is 0.756 e. The third-order valence-electron chi connectivity index (χ3n) is 13.7. The van der Waals surface area contributed by atoms with Crippen LogP contribution in [0.5, 0.6) is 0 Å². The van der Waals surface area contributed by atoms with E-state index >= 15 is 0 Å². The molecule has 0 fully saturated rings. The van der Waals surface area contributed by atoms with Gasteiger partial charge in [-0.3, -0.25) is 14.2 Å². The van der Waals surface area contributed by atoms with Crippen molar-refractivity contribution in [1.82, 2.24) is 0 Å². The number of unbranched alkanes of at least 4 members (excludes halogenated alkanes) is 37. The van der Waals surface area contributed by atoms with Gasteiger partial charge in [0.15, 0.2) is 6.10 Å². The summed E-state index contributed by atoms with van der Waals surface area (Å²) < 4.78 is 34.0. The van der Waals surface area contributed by atoms with Crippen molar-refractivity contribution in [2.24, 2.45) is 0 Å². The Morgan fingerprint density at radius 3 is 1.11 bits per heavy atom. The Labute approximate surface area is 446 Å². The molecule has 0 aliphatic carbocycles. The van der Waals surface area contributed by atoms with Gasteiger partial charge in [0.2, 0.25) is 0 Å². The molecule has 9 nitrogen and oxygen atoms in total. The minimum absolute atomic E-state index is 0.0276. The van der Waals surface area contributed by atoms with Gasteiger partial charge in [-0.2, -0.15) is 0 Å². The fraction of sp³-hybridized carbons (Fsp3) is 0.871. The van der Waals surface area contributed by atoms with E-state index in [1.165, 1.54) is 218 Å². The lowest BCUT2D eigenvalue weighted by Crippen LogP contribution is -2.37. The summed E-state index contributed by atoms with van der Waals surface area (Å²) in [6.07, 6.45) is 66.7.